The van der Waals surface area contributed by atoms with Gasteiger partial charge in [-0.2, -0.15) is 0 Å². The van der Waals surface area contributed by atoms with Crippen molar-refractivity contribution in [3.63, 3.8) is 0 Å². The molecule has 0 fully saturated rings. The maximum atomic E-state index is 5.55. The molecule has 0 spiro atoms. The third-order valence-corrected chi connectivity index (χ3v) is 3.74. The summed E-state index contributed by atoms with van der Waals surface area (Å²) in [5.74, 6) is 7.73. The molecule has 1 heterocycles. The number of nitrogens with zero attached hydrogens (tertiary/aromatic N) is 3. The SMILES string of the molecule is CCC(CC)N(C)c1cc(NN)nc(-c2ccccc2)n1. The van der Waals surface area contributed by atoms with E-state index in [0.29, 0.717) is 17.7 Å². The Labute approximate surface area is 126 Å². The zero-order valence-corrected chi connectivity index (χ0v) is 12.9. The first-order chi connectivity index (χ1) is 10.2. The Morgan fingerprint density at radius 3 is 2.38 bits per heavy atom. The molecule has 0 radical (unpaired) electrons. The Morgan fingerprint density at radius 1 is 1.14 bits per heavy atom. The van der Waals surface area contributed by atoms with Crippen LogP contribution in [0.1, 0.15) is 26.7 Å². The van der Waals surface area contributed by atoms with E-state index in [9.17, 15) is 0 Å². The molecule has 5 nitrogen and oxygen atoms in total. The second-order valence-electron chi connectivity index (χ2n) is 5.03. The van der Waals surface area contributed by atoms with Gasteiger partial charge in [0.05, 0.1) is 0 Å². The maximum Gasteiger partial charge on any atom is 0.163 e. The summed E-state index contributed by atoms with van der Waals surface area (Å²) >= 11 is 0. The van der Waals surface area contributed by atoms with Crippen LogP contribution in [0.5, 0.6) is 0 Å². The van der Waals surface area contributed by atoms with E-state index in [1.165, 1.54) is 0 Å². The standard InChI is InChI=1S/C16H23N5/c1-4-13(5-2)21(3)15-11-14(20-17)18-16(19-15)12-9-7-6-8-10-12/h6-11,13H,4-5,17H2,1-3H3,(H,18,19,20). The molecule has 0 unspecified atom stereocenters. The van der Waals surface area contributed by atoms with Gasteiger partial charge in [0.15, 0.2) is 5.82 Å². The highest BCUT2D eigenvalue weighted by molar-refractivity contribution is 5.61. The van der Waals surface area contributed by atoms with Gasteiger partial charge in [0.1, 0.15) is 11.6 Å². The molecule has 0 saturated heterocycles. The number of hydrogen-bond acceptors (Lipinski definition) is 5. The van der Waals surface area contributed by atoms with Crippen LogP contribution in [0.15, 0.2) is 36.4 Å². The second-order valence-corrected chi connectivity index (χ2v) is 5.03. The van der Waals surface area contributed by atoms with Crippen LogP contribution in [-0.4, -0.2) is 23.1 Å². The van der Waals surface area contributed by atoms with E-state index in [1.54, 1.807) is 0 Å². The van der Waals surface area contributed by atoms with Gasteiger partial charge in [-0.3, -0.25) is 0 Å². The summed E-state index contributed by atoms with van der Waals surface area (Å²) < 4.78 is 0. The Balaban J connectivity index is 2.43. The van der Waals surface area contributed by atoms with Crippen molar-refractivity contribution >= 4 is 11.6 Å². The van der Waals surface area contributed by atoms with Gasteiger partial charge in [0.2, 0.25) is 0 Å². The van der Waals surface area contributed by atoms with Gasteiger partial charge in [-0.05, 0) is 12.8 Å². The van der Waals surface area contributed by atoms with Crippen LogP contribution >= 0.6 is 0 Å². The van der Waals surface area contributed by atoms with Gasteiger partial charge in [0.25, 0.3) is 0 Å². The van der Waals surface area contributed by atoms with E-state index in [0.717, 1.165) is 24.2 Å². The average molecular weight is 285 g/mol. The molecule has 0 aliphatic rings. The summed E-state index contributed by atoms with van der Waals surface area (Å²) in [4.78, 5) is 11.3. The second kappa shape index (κ2) is 7.04. The molecule has 0 amide bonds. The Bertz CT molecular complexity index is 566. The molecule has 1 aromatic carbocycles. The van der Waals surface area contributed by atoms with E-state index >= 15 is 0 Å². The van der Waals surface area contributed by atoms with Crippen LogP contribution in [0.25, 0.3) is 11.4 Å². The van der Waals surface area contributed by atoms with E-state index in [1.807, 2.05) is 36.4 Å². The highest BCUT2D eigenvalue weighted by Crippen LogP contribution is 2.23. The first kappa shape index (κ1) is 15.3. The Hall–Kier alpha value is -2.14. The fourth-order valence-electron chi connectivity index (χ4n) is 2.43. The number of nitrogens with one attached hydrogen (secondary N) is 1. The lowest BCUT2D eigenvalue weighted by molar-refractivity contribution is 0.586. The van der Waals surface area contributed by atoms with Crippen LogP contribution < -0.4 is 16.2 Å². The van der Waals surface area contributed by atoms with E-state index < -0.39 is 0 Å². The third-order valence-electron chi connectivity index (χ3n) is 3.74. The molecule has 0 bridgehead atoms. The molecule has 3 N–H and O–H groups in total. The van der Waals surface area contributed by atoms with Crippen LogP contribution in [0.4, 0.5) is 11.6 Å². The number of rotatable bonds is 6. The monoisotopic (exact) mass is 285 g/mol. The topological polar surface area (TPSA) is 67.1 Å². The lowest BCUT2D eigenvalue weighted by Crippen LogP contribution is -2.31. The first-order valence-electron chi connectivity index (χ1n) is 7.33. The molecular weight excluding hydrogens is 262 g/mol. The number of benzene rings is 1. The van der Waals surface area contributed by atoms with E-state index in [-0.39, 0.29) is 0 Å². The lowest BCUT2D eigenvalue weighted by Gasteiger charge is -2.27. The van der Waals surface area contributed by atoms with Crippen molar-refractivity contribution < 1.29 is 0 Å². The van der Waals surface area contributed by atoms with Crippen LogP contribution in [-0.2, 0) is 0 Å². The summed E-state index contributed by atoms with van der Waals surface area (Å²) in [7, 11) is 2.06. The number of nitrogens with two attached hydrogens (primary N) is 1. The smallest absolute Gasteiger partial charge is 0.163 e. The highest BCUT2D eigenvalue weighted by atomic mass is 15.3. The number of nitrogen functional groups attached to an aromatic ring is 1. The molecule has 0 aliphatic carbocycles. The van der Waals surface area contributed by atoms with Crippen molar-refractivity contribution in [2.75, 3.05) is 17.4 Å². The zero-order valence-electron chi connectivity index (χ0n) is 12.9. The molecular formula is C16H23N5. The number of anilines is 2. The minimum Gasteiger partial charge on any atom is -0.357 e. The van der Waals surface area contributed by atoms with Crippen molar-refractivity contribution in [1.82, 2.24) is 9.97 Å². The number of hydrazine groups is 1. The van der Waals surface area contributed by atoms with Gasteiger partial charge in [-0.1, -0.05) is 44.2 Å². The van der Waals surface area contributed by atoms with Crippen molar-refractivity contribution in [1.29, 1.82) is 0 Å². The predicted octanol–water partition coefficient (Wildman–Crippen LogP) is 3.05. The fourth-order valence-corrected chi connectivity index (χ4v) is 2.43. The van der Waals surface area contributed by atoms with Crippen molar-refractivity contribution in [2.45, 2.75) is 32.7 Å². The minimum absolute atomic E-state index is 0.453. The normalized spacial score (nSPS) is 10.7. The van der Waals surface area contributed by atoms with Gasteiger partial charge >= 0.3 is 0 Å². The fraction of sp³-hybridized carbons (Fsp3) is 0.375. The van der Waals surface area contributed by atoms with Crippen LogP contribution in [0, 0.1) is 0 Å². The number of aromatic nitrogens is 2. The maximum absolute atomic E-state index is 5.55. The molecule has 5 heteroatoms. The number of hydrogen-bond donors (Lipinski definition) is 2. The Kier molecular flexibility index (Phi) is 5.11. The minimum atomic E-state index is 0.453. The van der Waals surface area contributed by atoms with Crippen LogP contribution in [0.2, 0.25) is 0 Å². The van der Waals surface area contributed by atoms with Crippen LogP contribution in [0.3, 0.4) is 0 Å². The molecule has 1 aromatic heterocycles. The molecule has 2 rings (SSSR count). The molecule has 21 heavy (non-hydrogen) atoms. The van der Waals surface area contributed by atoms with E-state index in [2.05, 4.69) is 41.2 Å². The van der Waals surface area contributed by atoms with Crippen molar-refractivity contribution in [2.24, 2.45) is 5.84 Å². The van der Waals surface area contributed by atoms with E-state index in [4.69, 9.17) is 5.84 Å². The predicted molar refractivity (Wildman–Crippen MR) is 88.1 cm³/mol. The summed E-state index contributed by atoms with van der Waals surface area (Å²) in [6, 6.07) is 12.3. The van der Waals surface area contributed by atoms with Gasteiger partial charge in [-0.15, -0.1) is 0 Å². The molecule has 2 aromatic rings. The highest BCUT2D eigenvalue weighted by Gasteiger charge is 2.15. The molecule has 0 atom stereocenters. The molecule has 112 valence electrons. The summed E-state index contributed by atoms with van der Waals surface area (Å²) in [6.45, 7) is 4.37. The summed E-state index contributed by atoms with van der Waals surface area (Å²) in [5.41, 5.74) is 3.61. The first-order valence-corrected chi connectivity index (χ1v) is 7.33. The molecule has 0 saturated carbocycles. The van der Waals surface area contributed by atoms with Crippen molar-refractivity contribution in [3.8, 4) is 11.4 Å². The van der Waals surface area contributed by atoms with Gasteiger partial charge < -0.3 is 10.3 Å². The third kappa shape index (κ3) is 3.49. The lowest BCUT2D eigenvalue weighted by atomic mass is 10.1. The van der Waals surface area contributed by atoms with Crippen molar-refractivity contribution in [3.05, 3.63) is 36.4 Å². The van der Waals surface area contributed by atoms with Gasteiger partial charge in [-0.25, -0.2) is 15.8 Å². The summed E-state index contributed by atoms with van der Waals surface area (Å²) in [6.07, 6.45) is 2.14. The average Bonchev–Trinajstić information content (AvgIpc) is 2.56. The zero-order chi connectivity index (χ0) is 15.2. The summed E-state index contributed by atoms with van der Waals surface area (Å²) in [5, 5.41) is 0. The largest absolute Gasteiger partial charge is 0.357 e. The molecule has 0 aliphatic heterocycles. The Morgan fingerprint density at radius 2 is 1.81 bits per heavy atom. The van der Waals surface area contributed by atoms with Gasteiger partial charge in [0, 0.05) is 24.7 Å². The quantitative estimate of drug-likeness (QED) is 0.630.